The van der Waals surface area contributed by atoms with Gasteiger partial charge in [-0.25, -0.2) is 0 Å². The van der Waals surface area contributed by atoms with E-state index < -0.39 is 0 Å². The molecular weight excluding hydrogens is 230 g/mol. The predicted molar refractivity (Wildman–Crippen MR) is 53.6 cm³/mol. The Balaban J connectivity index is 3.53. The van der Waals surface area contributed by atoms with E-state index in [1.165, 1.54) is 6.92 Å². The first-order chi connectivity index (χ1) is 6.07. The average molecular weight is 238 g/mol. The molecule has 0 fully saturated rings. The molecule has 0 aliphatic carbocycles. The van der Waals surface area contributed by atoms with Crippen LogP contribution in [0.5, 0.6) is 0 Å². The van der Waals surface area contributed by atoms with Gasteiger partial charge in [0.15, 0.2) is 5.78 Å². The molecule has 1 aromatic carbocycles. The summed E-state index contributed by atoms with van der Waals surface area (Å²) in [6.07, 6.45) is 0. The summed E-state index contributed by atoms with van der Waals surface area (Å²) >= 11 is 3.32. The van der Waals surface area contributed by atoms with Crippen LogP contribution in [-0.2, 0) is 0 Å². The molecule has 2 nitrogen and oxygen atoms in total. The normalized spacial score (nSPS) is 9.38. The Morgan fingerprint density at radius 3 is 2.62 bits per heavy atom. The summed E-state index contributed by atoms with van der Waals surface area (Å²) in [5.74, 6) is -0.0737. The van der Waals surface area contributed by atoms with E-state index in [4.69, 9.17) is 5.26 Å². The van der Waals surface area contributed by atoms with Crippen molar-refractivity contribution in [2.75, 3.05) is 0 Å². The first kappa shape index (κ1) is 9.94. The fourth-order valence-electron chi connectivity index (χ4n) is 1.23. The number of ketones is 1. The van der Waals surface area contributed by atoms with E-state index >= 15 is 0 Å². The minimum atomic E-state index is -0.0737. The molecule has 0 aromatic heterocycles. The van der Waals surface area contributed by atoms with E-state index in [-0.39, 0.29) is 5.78 Å². The minimum Gasteiger partial charge on any atom is -0.294 e. The molecule has 0 aliphatic heterocycles. The van der Waals surface area contributed by atoms with Crippen LogP contribution in [0, 0.1) is 18.3 Å². The molecule has 0 bridgehead atoms. The predicted octanol–water partition coefficient (Wildman–Crippen LogP) is 2.83. The maximum absolute atomic E-state index is 11.2. The lowest BCUT2D eigenvalue weighted by molar-refractivity contribution is 0.101. The summed E-state index contributed by atoms with van der Waals surface area (Å²) in [4.78, 5) is 11.2. The molecule has 0 saturated carbocycles. The molecule has 0 saturated heterocycles. The molecule has 0 atom stereocenters. The van der Waals surface area contributed by atoms with Gasteiger partial charge in [-0.15, -0.1) is 0 Å². The number of carbonyl (C=O) groups is 1. The fraction of sp³-hybridized carbons (Fsp3) is 0.200. The van der Waals surface area contributed by atoms with Crippen molar-refractivity contribution < 1.29 is 4.79 Å². The fourth-order valence-corrected chi connectivity index (χ4v) is 1.56. The maximum Gasteiger partial charge on any atom is 0.161 e. The zero-order valence-corrected chi connectivity index (χ0v) is 8.97. The van der Waals surface area contributed by atoms with Crippen LogP contribution in [0.15, 0.2) is 16.6 Å². The molecule has 66 valence electrons. The molecule has 0 amide bonds. The number of carbonyl (C=O) groups excluding carboxylic acids is 1. The van der Waals surface area contributed by atoms with Gasteiger partial charge in [0.25, 0.3) is 0 Å². The number of rotatable bonds is 1. The molecule has 0 spiro atoms. The van der Waals surface area contributed by atoms with Gasteiger partial charge in [0.1, 0.15) is 0 Å². The Morgan fingerprint density at radius 2 is 2.15 bits per heavy atom. The van der Waals surface area contributed by atoms with Crippen LogP contribution in [0.25, 0.3) is 0 Å². The van der Waals surface area contributed by atoms with Gasteiger partial charge < -0.3 is 0 Å². The van der Waals surface area contributed by atoms with Gasteiger partial charge in [-0.05, 0) is 31.5 Å². The highest BCUT2D eigenvalue weighted by molar-refractivity contribution is 9.10. The van der Waals surface area contributed by atoms with Crippen molar-refractivity contribution in [1.82, 2.24) is 0 Å². The lowest BCUT2D eigenvalue weighted by atomic mass is 10.00. The van der Waals surface area contributed by atoms with Crippen LogP contribution in [0.2, 0.25) is 0 Å². The SMILES string of the molecule is CC(=O)c1c(C#N)ccc(Br)c1C. The second-order valence-electron chi connectivity index (χ2n) is 2.76. The minimum absolute atomic E-state index is 0.0737. The molecule has 1 rings (SSSR count). The Bertz CT molecular complexity index is 404. The number of benzene rings is 1. The Morgan fingerprint density at radius 1 is 1.54 bits per heavy atom. The van der Waals surface area contributed by atoms with Gasteiger partial charge in [0.05, 0.1) is 11.6 Å². The highest BCUT2D eigenvalue weighted by atomic mass is 79.9. The van der Waals surface area contributed by atoms with Gasteiger partial charge >= 0.3 is 0 Å². The summed E-state index contributed by atoms with van der Waals surface area (Å²) < 4.78 is 0.858. The van der Waals surface area contributed by atoms with Crippen molar-refractivity contribution in [2.45, 2.75) is 13.8 Å². The zero-order chi connectivity index (χ0) is 10.0. The lowest BCUT2D eigenvalue weighted by Crippen LogP contribution is -2.00. The molecule has 1 aromatic rings. The van der Waals surface area contributed by atoms with Crippen LogP contribution in [0.3, 0.4) is 0 Å². The lowest BCUT2D eigenvalue weighted by Gasteiger charge is -2.05. The molecule has 0 unspecified atom stereocenters. The third-order valence-electron chi connectivity index (χ3n) is 1.87. The van der Waals surface area contributed by atoms with E-state index in [0.29, 0.717) is 11.1 Å². The van der Waals surface area contributed by atoms with Gasteiger partial charge in [-0.1, -0.05) is 15.9 Å². The standard InChI is InChI=1S/C10H8BrNO/c1-6-9(11)4-3-8(5-12)10(6)7(2)13/h3-4H,1-2H3. The highest BCUT2D eigenvalue weighted by Crippen LogP contribution is 2.23. The maximum atomic E-state index is 11.2. The molecule has 0 aliphatic rings. The number of hydrogen-bond donors (Lipinski definition) is 0. The van der Waals surface area contributed by atoms with E-state index in [1.54, 1.807) is 12.1 Å². The molecular formula is C10H8BrNO. The second kappa shape index (κ2) is 3.71. The van der Waals surface area contributed by atoms with Crippen molar-refractivity contribution >= 4 is 21.7 Å². The largest absolute Gasteiger partial charge is 0.294 e. The Hall–Kier alpha value is -1.14. The number of halogens is 1. The van der Waals surface area contributed by atoms with E-state index in [0.717, 1.165) is 10.0 Å². The van der Waals surface area contributed by atoms with Gasteiger partial charge in [0.2, 0.25) is 0 Å². The third kappa shape index (κ3) is 1.78. The Labute approximate surface area is 85.3 Å². The summed E-state index contributed by atoms with van der Waals surface area (Å²) in [6.45, 7) is 3.29. The zero-order valence-electron chi connectivity index (χ0n) is 7.39. The topological polar surface area (TPSA) is 40.9 Å². The average Bonchev–Trinajstić information content (AvgIpc) is 2.08. The van der Waals surface area contributed by atoms with Crippen LogP contribution in [-0.4, -0.2) is 5.78 Å². The number of nitriles is 1. The first-order valence-corrected chi connectivity index (χ1v) is 4.57. The summed E-state index contributed by atoms with van der Waals surface area (Å²) in [6, 6.07) is 5.43. The smallest absolute Gasteiger partial charge is 0.161 e. The van der Waals surface area contributed by atoms with Gasteiger partial charge in [0, 0.05) is 10.0 Å². The third-order valence-corrected chi connectivity index (χ3v) is 2.73. The second-order valence-corrected chi connectivity index (χ2v) is 3.62. The van der Waals surface area contributed by atoms with Crippen LogP contribution >= 0.6 is 15.9 Å². The van der Waals surface area contributed by atoms with Crippen molar-refractivity contribution in [3.8, 4) is 6.07 Å². The van der Waals surface area contributed by atoms with Gasteiger partial charge in [-0.2, -0.15) is 5.26 Å². The first-order valence-electron chi connectivity index (χ1n) is 3.78. The van der Waals surface area contributed by atoms with Gasteiger partial charge in [-0.3, -0.25) is 4.79 Å². The van der Waals surface area contributed by atoms with E-state index in [2.05, 4.69) is 15.9 Å². The summed E-state index contributed by atoms with van der Waals surface area (Å²) in [7, 11) is 0. The van der Waals surface area contributed by atoms with E-state index in [9.17, 15) is 4.79 Å². The summed E-state index contributed by atoms with van der Waals surface area (Å²) in [5, 5.41) is 8.77. The number of nitrogens with zero attached hydrogens (tertiary/aromatic N) is 1. The summed E-state index contributed by atoms with van der Waals surface area (Å²) in [5.41, 5.74) is 1.77. The molecule has 0 heterocycles. The molecule has 13 heavy (non-hydrogen) atoms. The molecule has 0 radical (unpaired) electrons. The Kier molecular flexibility index (Phi) is 2.84. The monoisotopic (exact) mass is 237 g/mol. The van der Waals surface area contributed by atoms with Crippen molar-refractivity contribution in [3.63, 3.8) is 0 Å². The number of Topliss-reactive ketones (excluding diaryl/α,β-unsaturated/α-hetero) is 1. The van der Waals surface area contributed by atoms with Crippen LogP contribution in [0.4, 0.5) is 0 Å². The molecule has 3 heteroatoms. The number of hydrogen-bond acceptors (Lipinski definition) is 2. The van der Waals surface area contributed by atoms with Crippen molar-refractivity contribution in [3.05, 3.63) is 33.3 Å². The molecule has 0 N–H and O–H groups in total. The van der Waals surface area contributed by atoms with Crippen molar-refractivity contribution in [2.24, 2.45) is 0 Å². The van der Waals surface area contributed by atoms with Crippen molar-refractivity contribution in [1.29, 1.82) is 5.26 Å². The van der Waals surface area contributed by atoms with Crippen LogP contribution < -0.4 is 0 Å². The van der Waals surface area contributed by atoms with E-state index in [1.807, 2.05) is 13.0 Å². The quantitative estimate of drug-likeness (QED) is 0.706. The van der Waals surface area contributed by atoms with Crippen LogP contribution in [0.1, 0.15) is 28.4 Å². The highest BCUT2D eigenvalue weighted by Gasteiger charge is 2.11.